The number of nitrogens with one attached hydrogen (secondary N) is 1. The fourth-order valence-electron chi connectivity index (χ4n) is 5.90. The SMILES string of the molecule is COC[C@H]1CC[C@@H](CO[C@H]2CC[C@@H](C(=O)O)CC2)N1C(=O)Cc1ccc2nc(Nc3cc(F)ccc3C)oc2c1F. The van der Waals surface area contributed by atoms with Gasteiger partial charge in [0.05, 0.1) is 43.7 Å². The number of nitrogens with zero attached hydrogens (tertiary/aromatic N) is 2. The number of ether oxygens (including phenoxy) is 2. The number of anilines is 2. The number of aryl methyl sites for hydroxylation is 1. The van der Waals surface area contributed by atoms with Crippen molar-refractivity contribution in [3.05, 3.63) is 53.1 Å². The summed E-state index contributed by atoms with van der Waals surface area (Å²) in [6.07, 6.45) is 3.81. The number of hydrogen-bond donors (Lipinski definition) is 2. The maximum Gasteiger partial charge on any atom is 0.306 e. The van der Waals surface area contributed by atoms with Crippen molar-refractivity contribution in [2.24, 2.45) is 5.92 Å². The van der Waals surface area contributed by atoms with Crippen molar-refractivity contribution in [2.75, 3.05) is 25.6 Å². The Morgan fingerprint density at radius 2 is 1.80 bits per heavy atom. The minimum atomic E-state index is -0.761. The fourth-order valence-corrected chi connectivity index (χ4v) is 5.90. The zero-order valence-corrected chi connectivity index (χ0v) is 23.2. The van der Waals surface area contributed by atoms with Crippen LogP contribution < -0.4 is 5.32 Å². The van der Waals surface area contributed by atoms with Crippen LogP contribution in [-0.4, -0.2) is 65.4 Å². The molecule has 2 N–H and O–H groups in total. The molecular formula is C30H35F2N3O6. The number of halogens is 2. The summed E-state index contributed by atoms with van der Waals surface area (Å²) in [7, 11) is 1.59. The molecule has 5 rings (SSSR count). The smallest absolute Gasteiger partial charge is 0.306 e. The molecule has 2 fully saturated rings. The van der Waals surface area contributed by atoms with E-state index in [1.165, 1.54) is 18.2 Å². The van der Waals surface area contributed by atoms with Crippen molar-refractivity contribution in [3.8, 4) is 0 Å². The lowest BCUT2D eigenvalue weighted by molar-refractivity contribution is -0.144. The molecule has 0 bridgehead atoms. The number of carboxylic acid groups (broad SMARTS) is 1. The Kier molecular flexibility index (Phi) is 8.84. The minimum Gasteiger partial charge on any atom is -0.481 e. The molecule has 2 aliphatic rings. The molecule has 1 amide bonds. The summed E-state index contributed by atoms with van der Waals surface area (Å²) >= 11 is 0. The second kappa shape index (κ2) is 12.5. The molecule has 9 nitrogen and oxygen atoms in total. The van der Waals surface area contributed by atoms with Gasteiger partial charge in [-0.2, -0.15) is 4.98 Å². The van der Waals surface area contributed by atoms with Crippen molar-refractivity contribution in [3.63, 3.8) is 0 Å². The molecule has 41 heavy (non-hydrogen) atoms. The van der Waals surface area contributed by atoms with E-state index >= 15 is 4.39 Å². The minimum absolute atomic E-state index is 0.0189. The first-order chi connectivity index (χ1) is 19.7. The summed E-state index contributed by atoms with van der Waals surface area (Å²) in [6, 6.07) is 7.08. The predicted molar refractivity (Wildman–Crippen MR) is 147 cm³/mol. The Balaban J connectivity index is 1.27. The lowest BCUT2D eigenvalue weighted by atomic mass is 9.87. The second-order valence-electron chi connectivity index (χ2n) is 11.0. The zero-order valence-electron chi connectivity index (χ0n) is 23.2. The number of hydrogen-bond acceptors (Lipinski definition) is 7. The van der Waals surface area contributed by atoms with Crippen LogP contribution in [0.1, 0.15) is 49.7 Å². The van der Waals surface area contributed by atoms with E-state index in [-0.39, 0.29) is 59.1 Å². The van der Waals surface area contributed by atoms with Crippen LogP contribution in [0.5, 0.6) is 0 Å². The van der Waals surface area contributed by atoms with Gasteiger partial charge in [0.1, 0.15) is 11.3 Å². The number of aromatic nitrogens is 1. The summed E-state index contributed by atoms with van der Waals surface area (Å²) in [6.45, 7) is 2.50. The van der Waals surface area contributed by atoms with Crippen LogP contribution in [0.15, 0.2) is 34.7 Å². The molecule has 1 aliphatic carbocycles. The van der Waals surface area contributed by atoms with Gasteiger partial charge in [-0.25, -0.2) is 8.78 Å². The van der Waals surface area contributed by atoms with Gasteiger partial charge in [0, 0.05) is 18.4 Å². The maximum atomic E-state index is 15.6. The third-order valence-corrected chi connectivity index (χ3v) is 8.17. The van der Waals surface area contributed by atoms with Gasteiger partial charge >= 0.3 is 5.97 Å². The molecule has 2 aromatic carbocycles. The lowest BCUT2D eigenvalue weighted by Crippen LogP contribution is -2.46. The van der Waals surface area contributed by atoms with Crippen molar-refractivity contribution in [1.82, 2.24) is 9.88 Å². The molecule has 3 aromatic rings. The highest BCUT2D eigenvalue weighted by atomic mass is 19.1. The van der Waals surface area contributed by atoms with E-state index in [1.807, 2.05) is 0 Å². The number of methoxy groups -OCH3 is 1. The average Bonchev–Trinajstić information content (AvgIpc) is 3.55. The first kappa shape index (κ1) is 28.9. The highest BCUT2D eigenvalue weighted by Gasteiger charge is 2.38. The normalized spacial score (nSPS) is 22.8. The van der Waals surface area contributed by atoms with Crippen LogP contribution in [0.4, 0.5) is 20.5 Å². The molecule has 0 spiro atoms. The number of amides is 1. The van der Waals surface area contributed by atoms with Gasteiger partial charge in [-0.3, -0.25) is 9.59 Å². The highest BCUT2D eigenvalue weighted by Crippen LogP contribution is 2.32. The number of fused-ring (bicyclic) bond motifs is 1. The quantitative estimate of drug-likeness (QED) is 0.334. The topological polar surface area (TPSA) is 114 Å². The van der Waals surface area contributed by atoms with Crippen LogP contribution in [0.2, 0.25) is 0 Å². The molecule has 220 valence electrons. The summed E-state index contributed by atoms with van der Waals surface area (Å²) < 4.78 is 46.4. The van der Waals surface area contributed by atoms with Crippen molar-refractivity contribution >= 4 is 34.7 Å². The number of aliphatic carboxylic acids is 1. The maximum absolute atomic E-state index is 15.6. The highest BCUT2D eigenvalue weighted by molar-refractivity contribution is 5.83. The van der Waals surface area contributed by atoms with Crippen molar-refractivity contribution < 1.29 is 37.4 Å². The van der Waals surface area contributed by atoms with Crippen molar-refractivity contribution in [2.45, 2.75) is 70.1 Å². The molecule has 1 aromatic heterocycles. The Labute approximate surface area is 236 Å². The van der Waals surface area contributed by atoms with Gasteiger partial charge in [-0.05, 0) is 69.2 Å². The van der Waals surface area contributed by atoms with Gasteiger partial charge in [-0.1, -0.05) is 12.1 Å². The first-order valence-corrected chi connectivity index (χ1v) is 14.0. The van der Waals surface area contributed by atoms with E-state index in [1.54, 1.807) is 31.1 Å². The van der Waals surface area contributed by atoms with E-state index in [9.17, 15) is 19.1 Å². The van der Waals surface area contributed by atoms with E-state index < -0.39 is 17.6 Å². The summed E-state index contributed by atoms with van der Waals surface area (Å²) in [5.74, 6) is -2.41. The van der Waals surface area contributed by atoms with Crippen LogP contribution >= 0.6 is 0 Å². The monoisotopic (exact) mass is 571 g/mol. The number of benzene rings is 2. The summed E-state index contributed by atoms with van der Waals surface area (Å²) in [4.78, 5) is 30.8. The number of carbonyl (C=O) groups excluding carboxylic acids is 1. The molecule has 0 radical (unpaired) electrons. The molecule has 0 unspecified atom stereocenters. The predicted octanol–water partition coefficient (Wildman–Crippen LogP) is 5.37. The number of carbonyl (C=O) groups is 2. The third-order valence-electron chi connectivity index (χ3n) is 8.17. The molecule has 2 heterocycles. The third kappa shape index (κ3) is 6.51. The summed E-state index contributed by atoms with van der Waals surface area (Å²) in [5.41, 5.74) is 1.59. The van der Waals surface area contributed by atoms with Crippen LogP contribution in [-0.2, 0) is 25.5 Å². The molecule has 2 atom stereocenters. The molecule has 1 saturated heterocycles. The zero-order chi connectivity index (χ0) is 29.1. The molecule has 1 aliphatic heterocycles. The van der Waals surface area contributed by atoms with Gasteiger partial charge in [0.25, 0.3) is 6.01 Å². The number of rotatable bonds is 10. The van der Waals surface area contributed by atoms with Crippen LogP contribution in [0, 0.1) is 24.5 Å². The van der Waals surface area contributed by atoms with E-state index in [2.05, 4.69) is 10.3 Å². The Morgan fingerprint density at radius 1 is 1.07 bits per heavy atom. The number of oxazole rings is 1. The molecule has 11 heteroatoms. The van der Waals surface area contributed by atoms with E-state index in [0.717, 1.165) is 18.4 Å². The van der Waals surface area contributed by atoms with Gasteiger partial charge in [-0.15, -0.1) is 0 Å². The van der Waals surface area contributed by atoms with Gasteiger partial charge < -0.3 is 29.2 Å². The largest absolute Gasteiger partial charge is 0.481 e. The van der Waals surface area contributed by atoms with Gasteiger partial charge in [0.15, 0.2) is 11.4 Å². The number of likely N-dealkylation sites (tertiary alicyclic amines) is 1. The van der Waals surface area contributed by atoms with E-state index in [4.69, 9.17) is 13.9 Å². The van der Waals surface area contributed by atoms with Gasteiger partial charge in [0.2, 0.25) is 5.91 Å². The Bertz CT molecular complexity index is 1400. The fraction of sp³-hybridized carbons (Fsp3) is 0.500. The van der Waals surface area contributed by atoms with Crippen molar-refractivity contribution in [1.29, 1.82) is 0 Å². The molecular weight excluding hydrogens is 536 g/mol. The number of carboxylic acids is 1. The second-order valence-corrected chi connectivity index (χ2v) is 11.0. The van der Waals surface area contributed by atoms with Crippen LogP contribution in [0.25, 0.3) is 11.1 Å². The van der Waals surface area contributed by atoms with Crippen LogP contribution in [0.3, 0.4) is 0 Å². The lowest BCUT2D eigenvalue weighted by Gasteiger charge is -2.32. The average molecular weight is 572 g/mol. The van der Waals surface area contributed by atoms with E-state index in [0.29, 0.717) is 44.6 Å². The molecule has 1 saturated carbocycles. The Morgan fingerprint density at radius 3 is 2.51 bits per heavy atom. The Hall–Kier alpha value is -3.57. The summed E-state index contributed by atoms with van der Waals surface area (Å²) in [5, 5.41) is 12.1. The standard InChI is InChI=1S/C30H35F2N3O6/c1-17-3-7-20(31)14-25(17)34-30-33-24-12-6-19(27(32)28(24)41-30)13-26(36)35-21(15-39-2)8-9-22(35)16-40-23-10-4-18(5-11-23)29(37)38/h3,6-7,12,14,18,21-23H,4-5,8-11,13,15-16H2,1-2H3,(H,33,34)(H,37,38)/t18-,21-,22+,23+/m1/s1. The first-order valence-electron chi connectivity index (χ1n) is 14.0.